The van der Waals surface area contributed by atoms with Crippen LogP contribution < -0.4 is 5.32 Å². The summed E-state index contributed by atoms with van der Waals surface area (Å²) in [4.78, 5) is 12.9. The molecule has 0 heterocycles. The number of carboxylic acids is 1. The minimum atomic E-state index is -0.702. The van der Waals surface area contributed by atoms with Crippen LogP contribution in [0.25, 0.3) is 0 Å². The summed E-state index contributed by atoms with van der Waals surface area (Å²) < 4.78 is 0. The molecule has 3 aliphatic rings. The van der Waals surface area contributed by atoms with Gasteiger partial charge in [-0.25, -0.2) is 0 Å². The Bertz CT molecular complexity index is 341. The van der Waals surface area contributed by atoms with E-state index in [-0.39, 0.29) is 6.54 Å². The van der Waals surface area contributed by atoms with Crippen molar-refractivity contribution in [2.24, 2.45) is 11.8 Å². The third-order valence-electron chi connectivity index (χ3n) is 5.56. The lowest BCUT2D eigenvalue weighted by molar-refractivity contribution is -0.139. The molecule has 3 saturated carbocycles. The monoisotopic (exact) mass is 266 g/mol. The molecule has 3 rings (SSSR count). The summed E-state index contributed by atoms with van der Waals surface area (Å²) in [6.07, 6.45) is 7.99. The van der Waals surface area contributed by atoms with Crippen molar-refractivity contribution < 1.29 is 9.90 Å². The second-order valence-corrected chi connectivity index (χ2v) is 6.73. The lowest BCUT2D eigenvalue weighted by Crippen LogP contribution is -2.56. The Kier molecular flexibility index (Phi) is 3.81. The number of nitrogens with one attached hydrogen (secondary N) is 1. The molecule has 2 N–H and O–H groups in total. The van der Waals surface area contributed by atoms with Gasteiger partial charge < -0.3 is 10.4 Å². The molecule has 0 aromatic heterocycles. The van der Waals surface area contributed by atoms with Crippen LogP contribution in [0.5, 0.6) is 0 Å². The van der Waals surface area contributed by atoms with Crippen molar-refractivity contribution in [3.8, 4) is 0 Å². The number of fused-ring (bicyclic) bond motifs is 2. The lowest BCUT2D eigenvalue weighted by Gasteiger charge is -2.44. The van der Waals surface area contributed by atoms with Crippen molar-refractivity contribution in [2.75, 3.05) is 13.1 Å². The van der Waals surface area contributed by atoms with E-state index in [9.17, 15) is 4.79 Å². The van der Waals surface area contributed by atoms with Gasteiger partial charge in [0.05, 0.1) is 6.54 Å². The van der Waals surface area contributed by atoms with Crippen LogP contribution >= 0.6 is 0 Å². The topological polar surface area (TPSA) is 52.6 Å². The molecule has 4 nitrogen and oxygen atoms in total. The van der Waals surface area contributed by atoms with Gasteiger partial charge >= 0.3 is 5.97 Å². The van der Waals surface area contributed by atoms with E-state index in [2.05, 4.69) is 17.1 Å². The average molecular weight is 266 g/mol. The first-order valence-electron chi connectivity index (χ1n) is 7.87. The highest BCUT2D eigenvalue weighted by Gasteiger charge is 2.42. The molecule has 4 heteroatoms. The summed E-state index contributed by atoms with van der Waals surface area (Å²) in [5.74, 6) is 1.23. The summed E-state index contributed by atoms with van der Waals surface area (Å²) in [7, 11) is 0. The normalized spacial score (nSPS) is 40.6. The van der Waals surface area contributed by atoms with Crippen LogP contribution in [0.1, 0.15) is 45.4 Å². The minimum absolute atomic E-state index is 0.196. The van der Waals surface area contributed by atoms with Crippen molar-refractivity contribution in [1.29, 1.82) is 0 Å². The molecule has 0 amide bonds. The SMILES string of the molecule is CCN(CC(=O)O)C1CC(NC2CC3CCC2C3)C1. The standard InChI is InChI=1S/C15H26N2O2/c1-2-17(9-15(18)19)13-7-12(8-13)16-14-6-10-3-4-11(14)5-10/h10-14,16H,2-9H2,1H3,(H,18,19). The zero-order chi connectivity index (χ0) is 13.4. The third kappa shape index (κ3) is 2.79. The molecule has 3 fully saturated rings. The number of rotatable bonds is 6. The van der Waals surface area contributed by atoms with Crippen LogP contribution in [0.15, 0.2) is 0 Å². The zero-order valence-electron chi connectivity index (χ0n) is 11.8. The Morgan fingerprint density at radius 3 is 2.58 bits per heavy atom. The van der Waals surface area contributed by atoms with Gasteiger partial charge in [0.25, 0.3) is 0 Å². The molecule has 3 aliphatic carbocycles. The summed E-state index contributed by atoms with van der Waals surface area (Å²) in [5.41, 5.74) is 0. The number of carbonyl (C=O) groups is 1. The predicted octanol–water partition coefficient (Wildman–Crippen LogP) is 1.70. The maximum absolute atomic E-state index is 10.8. The fraction of sp³-hybridized carbons (Fsp3) is 0.933. The number of carboxylic acid groups (broad SMARTS) is 1. The largest absolute Gasteiger partial charge is 0.480 e. The molecule has 3 atom stereocenters. The Labute approximate surface area is 115 Å². The molecule has 0 radical (unpaired) electrons. The minimum Gasteiger partial charge on any atom is -0.480 e. The van der Waals surface area contributed by atoms with E-state index in [4.69, 9.17) is 5.11 Å². The quantitative estimate of drug-likeness (QED) is 0.768. The first kappa shape index (κ1) is 13.4. The van der Waals surface area contributed by atoms with Gasteiger partial charge in [0.15, 0.2) is 0 Å². The summed E-state index contributed by atoms with van der Waals surface area (Å²) in [6.45, 7) is 3.10. The van der Waals surface area contributed by atoms with Crippen LogP contribution in [0.4, 0.5) is 0 Å². The first-order chi connectivity index (χ1) is 9.15. The summed E-state index contributed by atoms with van der Waals surface area (Å²) >= 11 is 0. The van der Waals surface area contributed by atoms with E-state index >= 15 is 0 Å². The summed E-state index contributed by atoms with van der Waals surface area (Å²) in [5, 5.41) is 12.7. The van der Waals surface area contributed by atoms with E-state index in [0.29, 0.717) is 12.1 Å². The van der Waals surface area contributed by atoms with E-state index in [1.54, 1.807) is 0 Å². The molecular formula is C15H26N2O2. The molecular weight excluding hydrogens is 240 g/mol. The van der Waals surface area contributed by atoms with Crippen LogP contribution in [0, 0.1) is 11.8 Å². The van der Waals surface area contributed by atoms with Crippen LogP contribution in [-0.2, 0) is 4.79 Å². The van der Waals surface area contributed by atoms with E-state index < -0.39 is 5.97 Å². The molecule has 108 valence electrons. The zero-order valence-corrected chi connectivity index (χ0v) is 11.8. The number of nitrogens with zero attached hydrogens (tertiary/aromatic N) is 1. The highest BCUT2D eigenvalue weighted by molar-refractivity contribution is 5.69. The predicted molar refractivity (Wildman–Crippen MR) is 74.1 cm³/mol. The second-order valence-electron chi connectivity index (χ2n) is 6.73. The van der Waals surface area contributed by atoms with E-state index in [0.717, 1.165) is 37.3 Å². The molecule has 2 bridgehead atoms. The van der Waals surface area contributed by atoms with E-state index in [1.165, 1.54) is 25.7 Å². The average Bonchev–Trinajstić information content (AvgIpc) is 2.92. The fourth-order valence-corrected chi connectivity index (χ4v) is 4.45. The maximum Gasteiger partial charge on any atom is 0.317 e. The Balaban J connectivity index is 1.41. The highest BCUT2D eigenvalue weighted by Crippen LogP contribution is 2.45. The van der Waals surface area contributed by atoms with Crippen molar-refractivity contribution >= 4 is 5.97 Å². The molecule has 0 aromatic rings. The number of hydrogen-bond acceptors (Lipinski definition) is 3. The van der Waals surface area contributed by atoms with Crippen LogP contribution in [-0.4, -0.2) is 47.2 Å². The van der Waals surface area contributed by atoms with Gasteiger partial charge in [-0.2, -0.15) is 0 Å². The number of likely N-dealkylation sites (N-methyl/N-ethyl adjacent to an activating group) is 1. The Morgan fingerprint density at radius 2 is 2.05 bits per heavy atom. The Hall–Kier alpha value is -0.610. The van der Waals surface area contributed by atoms with Gasteiger partial charge in [-0.1, -0.05) is 13.3 Å². The van der Waals surface area contributed by atoms with Gasteiger partial charge in [0.1, 0.15) is 0 Å². The van der Waals surface area contributed by atoms with E-state index in [1.807, 2.05) is 0 Å². The van der Waals surface area contributed by atoms with Crippen LogP contribution in [0.2, 0.25) is 0 Å². The number of hydrogen-bond donors (Lipinski definition) is 2. The van der Waals surface area contributed by atoms with Crippen LogP contribution in [0.3, 0.4) is 0 Å². The van der Waals surface area contributed by atoms with Gasteiger partial charge in [-0.3, -0.25) is 9.69 Å². The molecule has 3 unspecified atom stereocenters. The lowest BCUT2D eigenvalue weighted by atomic mass is 9.83. The van der Waals surface area contributed by atoms with Crippen molar-refractivity contribution in [3.05, 3.63) is 0 Å². The third-order valence-corrected chi connectivity index (χ3v) is 5.56. The number of aliphatic carboxylic acids is 1. The molecule has 19 heavy (non-hydrogen) atoms. The van der Waals surface area contributed by atoms with Gasteiger partial charge in [-0.05, 0) is 50.5 Å². The highest BCUT2D eigenvalue weighted by atomic mass is 16.4. The van der Waals surface area contributed by atoms with Gasteiger partial charge in [-0.15, -0.1) is 0 Å². The van der Waals surface area contributed by atoms with Crippen molar-refractivity contribution in [1.82, 2.24) is 10.2 Å². The van der Waals surface area contributed by atoms with Crippen molar-refractivity contribution in [2.45, 2.75) is 63.6 Å². The van der Waals surface area contributed by atoms with Gasteiger partial charge in [0, 0.05) is 18.1 Å². The van der Waals surface area contributed by atoms with Gasteiger partial charge in [0.2, 0.25) is 0 Å². The molecule has 0 aliphatic heterocycles. The molecule has 0 spiro atoms. The molecule has 0 aromatic carbocycles. The smallest absolute Gasteiger partial charge is 0.317 e. The first-order valence-corrected chi connectivity index (χ1v) is 7.87. The summed E-state index contributed by atoms with van der Waals surface area (Å²) in [6, 6.07) is 1.88. The Morgan fingerprint density at radius 1 is 1.26 bits per heavy atom. The second kappa shape index (κ2) is 5.41. The molecule has 0 saturated heterocycles. The maximum atomic E-state index is 10.8. The van der Waals surface area contributed by atoms with Crippen molar-refractivity contribution in [3.63, 3.8) is 0 Å². The fourth-order valence-electron chi connectivity index (χ4n) is 4.45.